The Kier molecular flexibility index (Phi) is 14.0. The van der Waals surface area contributed by atoms with E-state index in [4.69, 9.17) is 4.74 Å². The normalized spacial score (nSPS) is 14.1. The van der Waals surface area contributed by atoms with Crippen LogP contribution < -0.4 is 10.6 Å². The van der Waals surface area contributed by atoms with Gasteiger partial charge in [-0.25, -0.2) is 0 Å². The topological polar surface area (TPSA) is 105 Å². The molecule has 0 bridgehead atoms. The zero-order valence-corrected chi connectivity index (χ0v) is 24.7. The average Bonchev–Trinajstić information content (AvgIpc) is 2.94. The number of rotatable bonds is 17. The summed E-state index contributed by atoms with van der Waals surface area (Å²) in [5.74, 6) is -2.01. The molecule has 0 heterocycles. The maximum Gasteiger partial charge on any atom is 0.309 e. The molecule has 2 aromatic carbocycles. The van der Waals surface area contributed by atoms with Crippen molar-refractivity contribution in [2.75, 3.05) is 13.2 Å². The maximum atomic E-state index is 13.4. The van der Waals surface area contributed by atoms with Crippen molar-refractivity contribution >= 4 is 17.8 Å². The highest BCUT2D eigenvalue weighted by atomic mass is 16.5. The summed E-state index contributed by atoms with van der Waals surface area (Å²) in [5.41, 5.74) is 1.62. The van der Waals surface area contributed by atoms with E-state index in [0.29, 0.717) is 25.7 Å². The number of hydrogen-bond donors (Lipinski definition) is 3. The molecular formula is C34H46N2O5. The number of allylic oxidation sites excluding steroid dienone is 2. The Morgan fingerprint density at radius 3 is 1.90 bits per heavy atom. The number of carbonyl (C=O) groups excluding carboxylic acids is 3. The monoisotopic (exact) mass is 562 g/mol. The number of benzene rings is 2. The predicted octanol–water partition coefficient (Wildman–Crippen LogP) is 4.80. The van der Waals surface area contributed by atoms with Crippen LogP contribution in [0.15, 0.2) is 86.0 Å². The summed E-state index contributed by atoms with van der Waals surface area (Å²) in [6.45, 7) is 13.2. The van der Waals surface area contributed by atoms with E-state index < -0.39 is 23.4 Å². The largest absolute Gasteiger partial charge is 0.463 e. The molecule has 0 saturated heterocycles. The van der Waals surface area contributed by atoms with E-state index in [1.54, 1.807) is 12.2 Å². The molecule has 0 fully saturated rings. The quantitative estimate of drug-likeness (QED) is 0.190. The molecule has 222 valence electrons. The van der Waals surface area contributed by atoms with Crippen LogP contribution in [-0.2, 0) is 32.0 Å². The van der Waals surface area contributed by atoms with Crippen LogP contribution in [0.2, 0.25) is 0 Å². The lowest BCUT2D eigenvalue weighted by Gasteiger charge is -2.32. The van der Waals surface area contributed by atoms with Gasteiger partial charge in [0.1, 0.15) is 6.61 Å². The van der Waals surface area contributed by atoms with Crippen LogP contribution in [-0.4, -0.2) is 48.2 Å². The minimum absolute atomic E-state index is 0.00712. The summed E-state index contributed by atoms with van der Waals surface area (Å²) in [4.78, 5) is 39.2. The van der Waals surface area contributed by atoms with E-state index in [1.807, 2.05) is 81.4 Å². The van der Waals surface area contributed by atoms with Crippen molar-refractivity contribution in [3.8, 4) is 0 Å². The summed E-state index contributed by atoms with van der Waals surface area (Å²) in [5, 5.41) is 15.7. The number of aliphatic hydroxyl groups is 1. The molecule has 0 aliphatic rings. The Morgan fingerprint density at radius 1 is 0.854 bits per heavy atom. The van der Waals surface area contributed by atoms with Crippen LogP contribution >= 0.6 is 0 Å². The third kappa shape index (κ3) is 12.1. The van der Waals surface area contributed by atoms with E-state index >= 15 is 0 Å². The lowest BCUT2D eigenvalue weighted by atomic mass is 9.86. The number of amides is 2. The van der Waals surface area contributed by atoms with Gasteiger partial charge < -0.3 is 20.5 Å². The van der Waals surface area contributed by atoms with Gasteiger partial charge in [0.25, 0.3) is 0 Å². The molecule has 3 N–H and O–H groups in total. The summed E-state index contributed by atoms with van der Waals surface area (Å²) in [6, 6.07) is 18.4. The van der Waals surface area contributed by atoms with Crippen LogP contribution in [0.1, 0.15) is 51.2 Å². The Balaban J connectivity index is 2.01. The van der Waals surface area contributed by atoms with Crippen molar-refractivity contribution in [2.24, 2.45) is 17.3 Å². The molecule has 0 radical (unpaired) electrons. The van der Waals surface area contributed by atoms with Crippen molar-refractivity contribution in [3.05, 3.63) is 97.1 Å². The standard InChI is InChI=1S/C34H46N2O5/c1-6-14-27(22-31(38)35-29(23-37)21-26-18-12-9-13-19-26)32(39)36-30(34(3,4)5)24-41-33(40)28(15-7-2)20-25-16-10-8-11-17-25/h6-13,16-19,27-30,37H,1-2,14-15,20-24H2,3-5H3,(H,35,38)(H,36,39)/t27-,28-,29+,30-/m1/s1. The molecule has 7 nitrogen and oxygen atoms in total. The van der Waals surface area contributed by atoms with Crippen molar-refractivity contribution < 1.29 is 24.2 Å². The molecule has 4 atom stereocenters. The van der Waals surface area contributed by atoms with E-state index in [-0.39, 0.29) is 43.3 Å². The zero-order chi connectivity index (χ0) is 30.3. The smallest absolute Gasteiger partial charge is 0.309 e. The lowest BCUT2D eigenvalue weighted by molar-refractivity contribution is -0.150. The van der Waals surface area contributed by atoms with Gasteiger partial charge in [-0.3, -0.25) is 14.4 Å². The van der Waals surface area contributed by atoms with Crippen molar-refractivity contribution in [1.82, 2.24) is 10.6 Å². The summed E-state index contributed by atoms with van der Waals surface area (Å²) in [7, 11) is 0. The number of nitrogens with one attached hydrogen (secondary N) is 2. The minimum atomic E-state index is -0.657. The van der Waals surface area contributed by atoms with Crippen molar-refractivity contribution in [1.29, 1.82) is 0 Å². The summed E-state index contributed by atoms with van der Waals surface area (Å²) in [6.07, 6.45) is 5.07. The molecule has 0 aromatic heterocycles. The van der Waals surface area contributed by atoms with Crippen LogP contribution in [0.25, 0.3) is 0 Å². The fourth-order valence-corrected chi connectivity index (χ4v) is 4.50. The van der Waals surface area contributed by atoms with Crippen LogP contribution in [0.4, 0.5) is 0 Å². The first-order chi connectivity index (χ1) is 19.6. The minimum Gasteiger partial charge on any atom is -0.463 e. The third-order valence-electron chi connectivity index (χ3n) is 7.03. The van der Waals surface area contributed by atoms with E-state index in [1.165, 1.54) is 0 Å². The Hall–Kier alpha value is -3.71. The second-order valence-corrected chi connectivity index (χ2v) is 11.5. The second-order valence-electron chi connectivity index (χ2n) is 11.5. The molecule has 0 saturated carbocycles. The molecule has 0 aliphatic heterocycles. The maximum absolute atomic E-state index is 13.4. The molecule has 7 heteroatoms. The Morgan fingerprint density at radius 2 is 1.39 bits per heavy atom. The van der Waals surface area contributed by atoms with Crippen molar-refractivity contribution in [3.63, 3.8) is 0 Å². The number of carbonyl (C=O) groups is 3. The predicted molar refractivity (Wildman–Crippen MR) is 163 cm³/mol. The van der Waals surface area contributed by atoms with Crippen molar-refractivity contribution in [2.45, 2.75) is 65.0 Å². The molecular weight excluding hydrogens is 516 g/mol. The van der Waals surface area contributed by atoms with Gasteiger partial charge in [-0.1, -0.05) is 93.6 Å². The summed E-state index contributed by atoms with van der Waals surface area (Å²) < 4.78 is 5.73. The molecule has 0 aliphatic carbocycles. The number of hydrogen-bond acceptors (Lipinski definition) is 5. The zero-order valence-electron chi connectivity index (χ0n) is 24.7. The van der Waals surface area contributed by atoms with Gasteiger partial charge in [0, 0.05) is 6.42 Å². The number of ether oxygens (including phenoxy) is 1. The van der Waals surface area contributed by atoms with Crippen LogP contribution in [0, 0.1) is 17.3 Å². The highest BCUT2D eigenvalue weighted by molar-refractivity contribution is 5.86. The fourth-order valence-electron chi connectivity index (χ4n) is 4.50. The highest BCUT2D eigenvalue weighted by Gasteiger charge is 2.32. The number of aliphatic hydroxyl groups excluding tert-OH is 1. The molecule has 0 spiro atoms. The molecule has 2 rings (SSSR count). The van der Waals surface area contributed by atoms with Gasteiger partial charge in [-0.2, -0.15) is 0 Å². The first-order valence-corrected chi connectivity index (χ1v) is 14.2. The van der Waals surface area contributed by atoms with Gasteiger partial charge in [0.2, 0.25) is 11.8 Å². The molecule has 2 aromatic rings. The SMILES string of the molecule is C=CC[C@H](CC(=O)N[C@H](CO)Cc1ccccc1)C(=O)N[C@H](COC(=O)[C@H](CC=C)Cc1ccccc1)C(C)(C)C. The fraction of sp³-hybridized carbons (Fsp3) is 0.441. The van der Waals surface area contributed by atoms with Gasteiger partial charge in [-0.05, 0) is 42.2 Å². The molecule has 0 unspecified atom stereocenters. The first-order valence-electron chi connectivity index (χ1n) is 14.2. The Bertz CT molecular complexity index is 1110. The van der Waals surface area contributed by atoms with Gasteiger partial charge in [0.15, 0.2) is 0 Å². The van der Waals surface area contributed by atoms with Gasteiger partial charge in [0.05, 0.1) is 30.5 Å². The van der Waals surface area contributed by atoms with Crippen LogP contribution in [0.5, 0.6) is 0 Å². The third-order valence-corrected chi connectivity index (χ3v) is 7.03. The second kappa shape index (κ2) is 17.2. The first kappa shape index (κ1) is 33.5. The van der Waals surface area contributed by atoms with E-state index in [0.717, 1.165) is 11.1 Å². The van der Waals surface area contributed by atoms with Crippen LogP contribution in [0.3, 0.4) is 0 Å². The van der Waals surface area contributed by atoms with Gasteiger partial charge >= 0.3 is 5.97 Å². The Labute approximate surface area is 245 Å². The molecule has 41 heavy (non-hydrogen) atoms. The molecule has 2 amide bonds. The van der Waals surface area contributed by atoms with E-state index in [2.05, 4.69) is 23.8 Å². The number of esters is 1. The van der Waals surface area contributed by atoms with E-state index in [9.17, 15) is 19.5 Å². The highest BCUT2D eigenvalue weighted by Crippen LogP contribution is 2.23. The van der Waals surface area contributed by atoms with Gasteiger partial charge in [-0.15, -0.1) is 13.2 Å². The summed E-state index contributed by atoms with van der Waals surface area (Å²) >= 11 is 0. The lowest BCUT2D eigenvalue weighted by Crippen LogP contribution is -2.50. The average molecular weight is 563 g/mol.